The summed E-state index contributed by atoms with van der Waals surface area (Å²) in [7, 11) is 0. The molecule has 16 heavy (non-hydrogen) atoms. The van der Waals surface area contributed by atoms with Gasteiger partial charge in [-0.2, -0.15) is 5.26 Å². The molecule has 0 amide bonds. The highest BCUT2D eigenvalue weighted by Crippen LogP contribution is 2.28. The van der Waals surface area contributed by atoms with Crippen molar-refractivity contribution in [3.63, 3.8) is 0 Å². The highest BCUT2D eigenvalue weighted by Gasteiger charge is 2.24. The SMILES string of the molecule is Cc1ccc(N2CCCC2CN)c(C#N)c1. The molecule has 1 aromatic rings. The van der Waals surface area contributed by atoms with E-state index >= 15 is 0 Å². The number of rotatable bonds is 2. The molecule has 1 aliphatic rings. The summed E-state index contributed by atoms with van der Waals surface area (Å²) in [6.45, 7) is 3.69. The summed E-state index contributed by atoms with van der Waals surface area (Å²) in [5.41, 5.74) is 8.69. The van der Waals surface area contributed by atoms with Crippen molar-refractivity contribution in [3.8, 4) is 6.07 Å². The molecule has 2 N–H and O–H groups in total. The zero-order chi connectivity index (χ0) is 11.5. The molecule has 84 valence electrons. The summed E-state index contributed by atoms with van der Waals surface area (Å²) in [4.78, 5) is 2.28. The summed E-state index contributed by atoms with van der Waals surface area (Å²) >= 11 is 0. The van der Waals surface area contributed by atoms with Gasteiger partial charge in [0.25, 0.3) is 0 Å². The average Bonchev–Trinajstić information content (AvgIpc) is 2.76. The first-order valence-electron chi connectivity index (χ1n) is 5.73. The minimum absolute atomic E-state index is 0.398. The largest absolute Gasteiger partial charge is 0.366 e. The number of nitriles is 1. The summed E-state index contributed by atoms with van der Waals surface area (Å²) in [5.74, 6) is 0. The van der Waals surface area contributed by atoms with Gasteiger partial charge in [-0.1, -0.05) is 6.07 Å². The average molecular weight is 215 g/mol. The Labute approximate surface area is 96.5 Å². The zero-order valence-electron chi connectivity index (χ0n) is 9.61. The van der Waals surface area contributed by atoms with Crippen molar-refractivity contribution >= 4 is 5.69 Å². The Morgan fingerprint density at radius 1 is 1.56 bits per heavy atom. The first-order valence-corrected chi connectivity index (χ1v) is 5.73. The Hall–Kier alpha value is -1.53. The molecule has 1 atom stereocenters. The van der Waals surface area contributed by atoms with E-state index in [4.69, 9.17) is 11.0 Å². The van der Waals surface area contributed by atoms with Crippen LogP contribution in [-0.4, -0.2) is 19.1 Å². The molecule has 0 aliphatic carbocycles. The van der Waals surface area contributed by atoms with Crippen molar-refractivity contribution in [3.05, 3.63) is 29.3 Å². The van der Waals surface area contributed by atoms with Crippen molar-refractivity contribution in [1.82, 2.24) is 0 Å². The molecule has 0 radical (unpaired) electrons. The molecule has 1 fully saturated rings. The van der Waals surface area contributed by atoms with E-state index in [0.29, 0.717) is 12.6 Å². The van der Waals surface area contributed by atoms with Gasteiger partial charge in [-0.3, -0.25) is 0 Å². The Balaban J connectivity index is 2.36. The first kappa shape index (κ1) is 11.0. The molecular weight excluding hydrogens is 198 g/mol. The maximum Gasteiger partial charge on any atom is 0.101 e. The third-order valence-electron chi connectivity index (χ3n) is 3.23. The summed E-state index contributed by atoms with van der Waals surface area (Å²) < 4.78 is 0. The second-order valence-electron chi connectivity index (χ2n) is 4.36. The van der Waals surface area contributed by atoms with Crippen LogP contribution in [0.5, 0.6) is 0 Å². The molecule has 1 unspecified atom stereocenters. The van der Waals surface area contributed by atoms with Gasteiger partial charge in [0.15, 0.2) is 0 Å². The fourth-order valence-electron chi connectivity index (χ4n) is 2.39. The van der Waals surface area contributed by atoms with E-state index < -0.39 is 0 Å². The van der Waals surface area contributed by atoms with Gasteiger partial charge in [0.2, 0.25) is 0 Å². The normalized spacial score (nSPS) is 19.8. The number of nitrogens with two attached hydrogens (primary N) is 1. The number of nitrogens with zero attached hydrogens (tertiary/aromatic N) is 2. The fourth-order valence-corrected chi connectivity index (χ4v) is 2.39. The monoisotopic (exact) mass is 215 g/mol. The quantitative estimate of drug-likeness (QED) is 0.818. The van der Waals surface area contributed by atoms with Gasteiger partial charge in [0.1, 0.15) is 6.07 Å². The number of hydrogen-bond donors (Lipinski definition) is 1. The van der Waals surface area contributed by atoms with Crippen molar-refractivity contribution in [1.29, 1.82) is 5.26 Å². The maximum atomic E-state index is 9.15. The lowest BCUT2D eigenvalue weighted by molar-refractivity contribution is 0.676. The summed E-state index contributed by atoms with van der Waals surface area (Å²) in [6, 6.07) is 8.72. The van der Waals surface area contributed by atoms with Crippen LogP contribution in [0.25, 0.3) is 0 Å². The molecule has 3 nitrogen and oxygen atoms in total. The molecular formula is C13H17N3. The Bertz CT molecular complexity index is 420. The second kappa shape index (κ2) is 4.54. The standard InChI is InChI=1S/C13H17N3/c1-10-4-5-13(11(7-10)8-14)16-6-2-3-12(16)9-15/h4-5,7,12H,2-3,6,9,15H2,1H3. The van der Waals surface area contributed by atoms with Gasteiger partial charge in [-0.05, 0) is 37.5 Å². The lowest BCUT2D eigenvalue weighted by atomic mass is 10.1. The van der Waals surface area contributed by atoms with Crippen molar-refractivity contribution < 1.29 is 0 Å². The van der Waals surface area contributed by atoms with Crippen LogP contribution in [0.15, 0.2) is 18.2 Å². The minimum atomic E-state index is 0.398. The van der Waals surface area contributed by atoms with E-state index in [1.807, 2.05) is 19.1 Å². The molecule has 0 bridgehead atoms. The number of anilines is 1. The molecule has 3 heteroatoms. The third kappa shape index (κ3) is 1.89. The first-order chi connectivity index (χ1) is 7.76. The van der Waals surface area contributed by atoms with Gasteiger partial charge in [0.05, 0.1) is 11.3 Å². The molecule has 1 heterocycles. The van der Waals surface area contributed by atoms with E-state index in [2.05, 4.69) is 17.0 Å². The predicted octanol–water partition coefficient (Wildman–Crippen LogP) is 1.79. The van der Waals surface area contributed by atoms with E-state index in [1.54, 1.807) is 0 Å². The van der Waals surface area contributed by atoms with Crippen LogP contribution in [0.2, 0.25) is 0 Å². The molecule has 2 rings (SSSR count). The molecule has 1 aromatic carbocycles. The van der Waals surface area contributed by atoms with Gasteiger partial charge in [-0.15, -0.1) is 0 Å². The van der Waals surface area contributed by atoms with Crippen molar-refractivity contribution in [2.45, 2.75) is 25.8 Å². The lowest BCUT2D eigenvalue weighted by Gasteiger charge is -2.26. The van der Waals surface area contributed by atoms with Crippen molar-refractivity contribution in [2.24, 2.45) is 5.73 Å². The topological polar surface area (TPSA) is 53.0 Å². The number of benzene rings is 1. The summed E-state index contributed by atoms with van der Waals surface area (Å²) in [5, 5.41) is 9.15. The van der Waals surface area contributed by atoms with Gasteiger partial charge in [0, 0.05) is 19.1 Å². The molecule has 0 aromatic heterocycles. The van der Waals surface area contributed by atoms with E-state index in [9.17, 15) is 0 Å². The smallest absolute Gasteiger partial charge is 0.101 e. The van der Waals surface area contributed by atoms with E-state index in [-0.39, 0.29) is 0 Å². The predicted molar refractivity (Wildman–Crippen MR) is 65.3 cm³/mol. The molecule has 0 saturated carbocycles. The second-order valence-corrected chi connectivity index (χ2v) is 4.36. The summed E-state index contributed by atoms with van der Waals surface area (Å²) in [6.07, 6.45) is 2.30. The van der Waals surface area contributed by atoms with Crippen LogP contribution >= 0.6 is 0 Å². The molecule has 1 saturated heterocycles. The van der Waals surface area contributed by atoms with Crippen LogP contribution in [-0.2, 0) is 0 Å². The van der Waals surface area contributed by atoms with Crippen LogP contribution in [0.4, 0.5) is 5.69 Å². The van der Waals surface area contributed by atoms with Gasteiger partial charge < -0.3 is 10.6 Å². The zero-order valence-corrected chi connectivity index (χ0v) is 9.61. The minimum Gasteiger partial charge on any atom is -0.366 e. The van der Waals surface area contributed by atoms with Crippen LogP contribution < -0.4 is 10.6 Å². The highest BCUT2D eigenvalue weighted by molar-refractivity contribution is 5.61. The lowest BCUT2D eigenvalue weighted by Crippen LogP contribution is -2.35. The van der Waals surface area contributed by atoms with E-state index in [1.165, 1.54) is 6.42 Å². The van der Waals surface area contributed by atoms with E-state index in [0.717, 1.165) is 29.8 Å². The molecule has 1 aliphatic heterocycles. The number of aryl methyl sites for hydroxylation is 1. The Morgan fingerprint density at radius 2 is 2.38 bits per heavy atom. The van der Waals surface area contributed by atoms with Gasteiger partial charge >= 0.3 is 0 Å². The Morgan fingerprint density at radius 3 is 3.06 bits per heavy atom. The van der Waals surface area contributed by atoms with Crippen LogP contribution in [0.3, 0.4) is 0 Å². The fraction of sp³-hybridized carbons (Fsp3) is 0.462. The van der Waals surface area contributed by atoms with Crippen LogP contribution in [0.1, 0.15) is 24.0 Å². The van der Waals surface area contributed by atoms with Crippen molar-refractivity contribution in [2.75, 3.05) is 18.0 Å². The van der Waals surface area contributed by atoms with Gasteiger partial charge in [-0.25, -0.2) is 0 Å². The number of hydrogen-bond acceptors (Lipinski definition) is 3. The molecule has 0 spiro atoms. The highest BCUT2D eigenvalue weighted by atomic mass is 15.2. The maximum absolute atomic E-state index is 9.15. The Kier molecular flexibility index (Phi) is 3.12. The van der Waals surface area contributed by atoms with Crippen LogP contribution in [0, 0.1) is 18.3 Å². The third-order valence-corrected chi connectivity index (χ3v) is 3.23.